The van der Waals surface area contributed by atoms with Crippen LogP contribution in [0.15, 0.2) is 16.5 Å². The van der Waals surface area contributed by atoms with E-state index in [1.807, 2.05) is 17.8 Å². The average Bonchev–Trinajstić information content (AvgIpc) is 3.23. The molecule has 2 N–H and O–H groups in total. The number of hydrogen-bond acceptors (Lipinski definition) is 5. The number of thioether (sulfide) groups is 1. The number of fused-ring (bicyclic) bond motifs is 1. The van der Waals surface area contributed by atoms with Gasteiger partial charge in [-0.15, -0.1) is 23.1 Å². The number of aromatic amines is 1. The van der Waals surface area contributed by atoms with Crippen LogP contribution < -0.4 is 5.32 Å². The van der Waals surface area contributed by atoms with E-state index < -0.39 is 0 Å². The summed E-state index contributed by atoms with van der Waals surface area (Å²) in [4.78, 5) is 24.9. The molecule has 0 aliphatic heterocycles. The smallest absolute Gasteiger partial charge is 0.216 e. The third kappa shape index (κ3) is 5.26. The number of H-pyrrole nitrogens is 1. The van der Waals surface area contributed by atoms with Crippen molar-refractivity contribution in [2.45, 2.75) is 63.5 Å². The Bertz CT molecular complexity index is 825. The molecule has 0 atom stereocenters. The second-order valence-corrected chi connectivity index (χ2v) is 10.6. The first-order chi connectivity index (χ1) is 13.4. The molecule has 1 amide bonds. The van der Waals surface area contributed by atoms with E-state index >= 15 is 0 Å². The molecule has 2 aromatic heterocycles. The summed E-state index contributed by atoms with van der Waals surface area (Å²) < 4.78 is 1.17. The fraction of sp³-hybridized carbons (Fsp3) is 0.571. The van der Waals surface area contributed by atoms with Crippen molar-refractivity contribution in [2.24, 2.45) is 5.41 Å². The SMILES string of the molecule is CC(=O)NCCCCCCSc1sc(-c2ccn[nH]2)c2c1C(=O)CC(C)(C)C2. The lowest BCUT2D eigenvalue weighted by atomic mass is 9.74. The predicted molar refractivity (Wildman–Crippen MR) is 116 cm³/mol. The molecular weight excluding hydrogens is 390 g/mol. The highest BCUT2D eigenvalue weighted by molar-refractivity contribution is 8.01. The van der Waals surface area contributed by atoms with E-state index in [1.54, 1.807) is 24.5 Å². The molecule has 2 heterocycles. The minimum atomic E-state index is 0.00969. The number of nitrogens with zero attached hydrogens (tertiary/aromatic N) is 1. The standard InChI is InChI=1S/C21H29N3O2S2/c1-14(25)22-9-6-4-5-7-11-27-20-18-15(12-21(2,3)13-17(18)26)19(28-20)16-8-10-23-24-16/h8,10H,4-7,9,11-13H2,1-3H3,(H,22,25)(H,23,24). The number of hydrogen-bond donors (Lipinski definition) is 2. The first-order valence-corrected chi connectivity index (χ1v) is 11.7. The van der Waals surface area contributed by atoms with Gasteiger partial charge in [0, 0.05) is 31.6 Å². The molecule has 1 aliphatic carbocycles. The summed E-state index contributed by atoms with van der Waals surface area (Å²) in [7, 11) is 0. The molecule has 0 saturated heterocycles. The van der Waals surface area contributed by atoms with Gasteiger partial charge >= 0.3 is 0 Å². The number of unbranched alkanes of at least 4 members (excludes halogenated alkanes) is 3. The number of Topliss-reactive ketones (excluding diaryl/α,β-unsaturated/α-hetero) is 1. The van der Waals surface area contributed by atoms with E-state index in [2.05, 4.69) is 29.4 Å². The van der Waals surface area contributed by atoms with Crippen LogP contribution >= 0.6 is 23.1 Å². The van der Waals surface area contributed by atoms with Gasteiger partial charge in [0.15, 0.2) is 5.78 Å². The number of aromatic nitrogens is 2. The van der Waals surface area contributed by atoms with Crippen molar-refractivity contribution in [2.75, 3.05) is 12.3 Å². The number of ketones is 1. The molecule has 0 radical (unpaired) electrons. The van der Waals surface area contributed by atoms with Crippen LogP contribution in [-0.4, -0.2) is 34.2 Å². The molecule has 0 saturated carbocycles. The van der Waals surface area contributed by atoms with Crippen LogP contribution in [-0.2, 0) is 11.2 Å². The Kier molecular flexibility index (Phi) is 6.99. The Hall–Kier alpha value is -1.60. The molecule has 152 valence electrons. The van der Waals surface area contributed by atoms with Crippen LogP contribution in [0.4, 0.5) is 0 Å². The van der Waals surface area contributed by atoms with Crippen molar-refractivity contribution in [3.63, 3.8) is 0 Å². The van der Waals surface area contributed by atoms with Gasteiger partial charge in [-0.1, -0.05) is 26.7 Å². The second kappa shape index (κ2) is 9.27. The average molecular weight is 420 g/mol. The third-order valence-electron chi connectivity index (χ3n) is 4.97. The van der Waals surface area contributed by atoms with Crippen molar-refractivity contribution in [1.29, 1.82) is 0 Å². The lowest BCUT2D eigenvalue weighted by Gasteiger charge is -2.29. The molecule has 0 unspecified atom stereocenters. The molecule has 0 fully saturated rings. The van der Waals surface area contributed by atoms with Crippen LogP contribution in [0.5, 0.6) is 0 Å². The first kappa shape index (κ1) is 21.1. The monoisotopic (exact) mass is 419 g/mol. The van der Waals surface area contributed by atoms with Gasteiger partial charge in [-0.25, -0.2) is 0 Å². The van der Waals surface area contributed by atoms with Crippen LogP contribution in [0.2, 0.25) is 0 Å². The van der Waals surface area contributed by atoms with E-state index in [0.29, 0.717) is 6.42 Å². The summed E-state index contributed by atoms with van der Waals surface area (Å²) >= 11 is 3.56. The number of nitrogens with one attached hydrogen (secondary N) is 2. The zero-order chi connectivity index (χ0) is 20.1. The molecule has 0 bridgehead atoms. The van der Waals surface area contributed by atoms with Gasteiger partial charge in [0.2, 0.25) is 5.91 Å². The summed E-state index contributed by atoms with van der Waals surface area (Å²) in [5.74, 6) is 1.34. The number of thiophene rings is 1. The van der Waals surface area contributed by atoms with Crippen LogP contribution in [0.1, 0.15) is 68.8 Å². The Morgan fingerprint density at radius 1 is 1.29 bits per heavy atom. The Morgan fingerprint density at radius 3 is 2.79 bits per heavy atom. The van der Waals surface area contributed by atoms with Gasteiger partial charge in [-0.2, -0.15) is 5.10 Å². The Balaban J connectivity index is 1.62. The van der Waals surface area contributed by atoms with Crippen molar-refractivity contribution in [3.8, 4) is 10.6 Å². The maximum atomic E-state index is 12.9. The molecule has 0 spiro atoms. The number of amides is 1. The minimum absolute atomic E-state index is 0.00969. The van der Waals surface area contributed by atoms with E-state index in [9.17, 15) is 9.59 Å². The molecule has 3 rings (SSSR count). The maximum Gasteiger partial charge on any atom is 0.216 e. The second-order valence-electron chi connectivity index (χ2n) is 8.23. The molecule has 2 aromatic rings. The zero-order valence-corrected chi connectivity index (χ0v) is 18.5. The molecule has 5 nitrogen and oxygen atoms in total. The van der Waals surface area contributed by atoms with Crippen molar-refractivity contribution in [3.05, 3.63) is 23.4 Å². The van der Waals surface area contributed by atoms with Gasteiger partial charge in [0.25, 0.3) is 0 Å². The van der Waals surface area contributed by atoms with Crippen molar-refractivity contribution >= 4 is 34.8 Å². The number of carbonyl (C=O) groups excluding carboxylic acids is 2. The minimum Gasteiger partial charge on any atom is -0.356 e. The van der Waals surface area contributed by atoms with Crippen LogP contribution in [0.3, 0.4) is 0 Å². The topological polar surface area (TPSA) is 74.8 Å². The lowest BCUT2D eigenvalue weighted by molar-refractivity contribution is -0.118. The summed E-state index contributed by atoms with van der Waals surface area (Å²) in [6, 6.07) is 1.99. The van der Waals surface area contributed by atoms with Gasteiger partial charge in [-0.05, 0) is 42.1 Å². The fourth-order valence-electron chi connectivity index (χ4n) is 3.67. The van der Waals surface area contributed by atoms with E-state index in [0.717, 1.165) is 55.7 Å². The highest BCUT2D eigenvalue weighted by Crippen LogP contribution is 2.48. The number of carbonyl (C=O) groups is 2. The van der Waals surface area contributed by atoms with Crippen molar-refractivity contribution < 1.29 is 9.59 Å². The van der Waals surface area contributed by atoms with E-state index in [-0.39, 0.29) is 17.1 Å². The number of rotatable bonds is 9. The Labute approximate surface area is 175 Å². The lowest BCUT2D eigenvalue weighted by Crippen LogP contribution is -2.26. The van der Waals surface area contributed by atoms with Crippen molar-refractivity contribution in [1.82, 2.24) is 15.5 Å². The largest absolute Gasteiger partial charge is 0.356 e. The van der Waals surface area contributed by atoms with Gasteiger partial charge < -0.3 is 5.32 Å². The normalized spacial score (nSPS) is 15.5. The van der Waals surface area contributed by atoms with Gasteiger partial charge in [-0.3, -0.25) is 14.7 Å². The molecular formula is C21H29N3O2S2. The first-order valence-electron chi connectivity index (χ1n) is 9.93. The van der Waals surface area contributed by atoms with Gasteiger partial charge in [0.1, 0.15) is 0 Å². The highest BCUT2D eigenvalue weighted by atomic mass is 32.2. The molecule has 7 heteroatoms. The van der Waals surface area contributed by atoms with E-state index in [4.69, 9.17) is 0 Å². The molecule has 28 heavy (non-hydrogen) atoms. The van der Waals surface area contributed by atoms with Crippen LogP contribution in [0.25, 0.3) is 10.6 Å². The summed E-state index contributed by atoms with van der Waals surface area (Å²) in [5.41, 5.74) is 3.19. The predicted octanol–water partition coefficient (Wildman–Crippen LogP) is 5.08. The van der Waals surface area contributed by atoms with Crippen LogP contribution in [0, 0.1) is 5.41 Å². The Morgan fingerprint density at radius 2 is 2.07 bits per heavy atom. The molecule has 1 aliphatic rings. The third-order valence-corrected chi connectivity index (χ3v) is 7.59. The maximum absolute atomic E-state index is 12.9. The quantitative estimate of drug-likeness (QED) is 0.439. The zero-order valence-electron chi connectivity index (χ0n) is 16.9. The summed E-state index contributed by atoms with van der Waals surface area (Å²) in [5, 5.41) is 10.0. The summed E-state index contributed by atoms with van der Waals surface area (Å²) in [6.45, 7) is 6.67. The molecule has 0 aromatic carbocycles. The highest BCUT2D eigenvalue weighted by Gasteiger charge is 2.36. The van der Waals surface area contributed by atoms with E-state index in [1.165, 1.54) is 14.6 Å². The summed E-state index contributed by atoms with van der Waals surface area (Å²) in [6.07, 6.45) is 7.74. The fourth-order valence-corrected chi connectivity index (χ4v) is 6.36. The van der Waals surface area contributed by atoms with Gasteiger partial charge in [0.05, 0.1) is 14.8 Å².